The zero-order valence-electron chi connectivity index (χ0n) is 5.58. The molecule has 0 aromatic heterocycles. The Morgan fingerprint density at radius 3 is 1.89 bits per heavy atom. The van der Waals surface area contributed by atoms with Crippen LogP contribution in [0.5, 0.6) is 0 Å². The van der Waals surface area contributed by atoms with Crippen LogP contribution >= 0.6 is 0 Å². The standard InChI is InChI=1S/C3H9NO.C3H6O/c4-2-1-3-5;1-2-3-4/h5H,1-4H2;2,4H,1,3H2. The Balaban J connectivity index is 0. The SMILES string of the molecule is C=CCO.NCCCO. The lowest BCUT2D eigenvalue weighted by Crippen LogP contribution is -1.99. The van der Waals surface area contributed by atoms with E-state index in [1.807, 2.05) is 0 Å². The predicted molar refractivity (Wildman–Crippen MR) is 38.0 cm³/mol. The van der Waals surface area contributed by atoms with Crippen molar-refractivity contribution in [2.45, 2.75) is 6.42 Å². The van der Waals surface area contributed by atoms with Gasteiger partial charge in [-0.25, -0.2) is 0 Å². The monoisotopic (exact) mass is 133 g/mol. The Morgan fingerprint density at radius 1 is 1.44 bits per heavy atom. The third kappa shape index (κ3) is 35.1. The summed E-state index contributed by atoms with van der Waals surface area (Å²) in [5, 5.41) is 15.7. The highest BCUT2D eigenvalue weighted by Crippen LogP contribution is 1.62. The van der Waals surface area contributed by atoms with E-state index in [9.17, 15) is 0 Å². The quantitative estimate of drug-likeness (QED) is 0.454. The van der Waals surface area contributed by atoms with Crippen LogP contribution in [0.25, 0.3) is 0 Å². The lowest BCUT2D eigenvalue weighted by atomic mass is 10.5. The van der Waals surface area contributed by atoms with E-state index in [0.717, 1.165) is 6.42 Å². The van der Waals surface area contributed by atoms with Gasteiger partial charge in [0.15, 0.2) is 0 Å². The minimum absolute atomic E-state index is 0.0833. The normalized spacial score (nSPS) is 7.44. The molecule has 0 unspecified atom stereocenters. The van der Waals surface area contributed by atoms with Crippen LogP contribution in [-0.2, 0) is 0 Å². The van der Waals surface area contributed by atoms with Gasteiger partial charge in [0.25, 0.3) is 0 Å². The zero-order valence-corrected chi connectivity index (χ0v) is 5.58. The Morgan fingerprint density at radius 2 is 1.89 bits per heavy atom. The molecule has 0 heterocycles. The summed E-state index contributed by atoms with van der Waals surface area (Å²) in [7, 11) is 0. The van der Waals surface area contributed by atoms with E-state index in [4.69, 9.17) is 15.9 Å². The van der Waals surface area contributed by atoms with Crippen molar-refractivity contribution in [3.05, 3.63) is 12.7 Å². The lowest BCUT2D eigenvalue weighted by Gasteiger charge is -1.80. The molecule has 0 fully saturated rings. The lowest BCUT2D eigenvalue weighted by molar-refractivity contribution is 0.291. The largest absolute Gasteiger partial charge is 0.396 e. The molecule has 0 radical (unpaired) electrons. The van der Waals surface area contributed by atoms with Gasteiger partial charge in [-0.05, 0) is 13.0 Å². The van der Waals surface area contributed by atoms with Crippen LogP contribution < -0.4 is 5.73 Å². The van der Waals surface area contributed by atoms with Crippen LogP contribution in [0.1, 0.15) is 6.42 Å². The van der Waals surface area contributed by atoms with Crippen LogP contribution in [0.15, 0.2) is 12.7 Å². The molecule has 0 saturated heterocycles. The molecule has 9 heavy (non-hydrogen) atoms. The summed E-state index contributed by atoms with van der Waals surface area (Å²) in [6.07, 6.45) is 2.15. The summed E-state index contributed by atoms with van der Waals surface area (Å²) in [6.45, 7) is 4.12. The number of rotatable bonds is 3. The van der Waals surface area contributed by atoms with Gasteiger partial charge >= 0.3 is 0 Å². The zero-order chi connectivity index (χ0) is 7.54. The minimum Gasteiger partial charge on any atom is -0.396 e. The van der Waals surface area contributed by atoms with E-state index in [2.05, 4.69) is 6.58 Å². The molecular weight excluding hydrogens is 118 g/mol. The summed E-state index contributed by atoms with van der Waals surface area (Å²) >= 11 is 0. The molecule has 4 N–H and O–H groups in total. The highest BCUT2D eigenvalue weighted by atomic mass is 16.3. The first kappa shape index (κ1) is 11.4. The first-order valence-corrected chi connectivity index (χ1v) is 2.86. The molecule has 3 heteroatoms. The third-order valence-electron chi connectivity index (χ3n) is 0.491. The second-order valence-electron chi connectivity index (χ2n) is 1.34. The molecule has 0 aromatic rings. The Kier molecular flexibility index (Phi) is 19.9. The van der Waals surface area contributed by atoms with Gasteiger partial charge in [-0.1, -0.05) is 6.08 Å². The van der Waals surface area contributed by atoms with Crippen LogP contribution in [-0.4, -0.2) is 30.0 Å². The van der Waals surface area contributed by atoms with Crippen molar-refractivity contribution in [1.29, 1.82) is 0 Å². The smallest absolute Gasteiger partial charge is 0.0609 e. The van der Waals surface area contributed by atoms with Gasteiger partial charge in [0, 0.05) is 6.61 Å². The summed E-state index contributed by atoms with van der Waals surface area (Å²) < 4.78 is 0. The fourth-order valence-electron chi connectivity index (χ4n) is 0.0913. The fraction of sp³-hybridized carbons (Fsp3) is 0.667. The summed E-state index contributed by atoms with van der Waals surface area (Å²) in [6, 6.07) is 0. The molecule has 0 spiro atoms. The molecule has 0 amide bonds. The molecule has 0 aliphatic heterocycles. The molecule has 0 rings (SSSR count). The highest BCUT2D eigenvalue weighted by Gasteiger charge is 1.69. The number of hydrogen-bond donors (Lipinski definition) is 3. The van der Waals surface area contributed by atoms with Crippen molar-refractivity contribution >= 4 is 0 Å². The van der Waals surface area contributed by atoms with Crippen LogP contribution in [0.3, 0.4) is 0 Å². The molecule has 0 aromatic carbocycles. The van der Waals surface area contributed by atoms with E-state index < -0.39 is 0 Å². The Bertz CT molecular complexity index is 46.3. The van der Waals surface area contributed by atoms with Gasteiger partial charge in [-0.2, -0.15) is 0 Å². The molecule has 0 bridgehead atoms. The molecule has 0 aliphatic rings. The topological polar surface area (TPSA) is 66.5 Å². The van der Waals surface area contributed by atoms with Crippen molar-refractivity contribution in [2.75, 3.05) is 19.8 Å². The van der Waals surface area contributed by atoms with Crippen molar-refractivity contribution < 1.29 is 10.2 Å². The first-order chi connectivity index (χ1) is 4.33. The highest BCUT2D eigenvalue weighted by molar-refractivity contribution is 4.60. The molecular formula is C6H15NO2. The third-order valence-corrected chi connectivity index (χ3v) is 0.491. The summed E-state index contributed by atoms with van der Waals surface area (Å²) in [5.41, 5.74) is 4.98. The van der Waals surface area contributed by atoms with E-state index in [1.54, 1.807) is 0 Å². The molecule has 56 valence electrons. The maximum atomic E-state index is 7.99. The van der Waals surface area contributed by atoms with Crippen molar-refractivity contribution in [3.8, 4) is 0 Å². The molecule has 0 saturated carbocycles. The van der Waals surface area contributed by atoms with Gasteiger partial charge in [-0.15, -0.1) is 6.58 Å². The summed E-state index contributed by atoms with van der Waals surface area (Å²) in [5.74, 6) is 0. The second kappa shape index (κ2) is 15.6. The average Bonchev–Trinajstić information content (AvgIpc) is 1.91. The average molecular weight is 133 g/mol. The fourth-order valence-corrected chi connectivity index (χ4v) is 0.0913. The van der Waals surface area contributed by atoms with Gasteiger partial charge in [-0.3, -0.25) is 0 Å². The van der Waals surface area contributed by atoms with Gasteiger partial charge in [0.2, 0.25) is 0 Å². The van der Waals surface area contributed by atoms with Crippen molar-refractivity contribution in [1.82, 2.24) is 0 Å². The number of aliphatic hydroxyl groups excluding tert-OH is 2. The molecule has 0 atom stereocenters. The first-order valence-electron chi connectivity index (χ1n) is 2.86. The summed E-state index contributed by atoms with van der Waals surface area (Å²) in [4.78, 5) is 0. The van der Waals surface area contributed by atoms with Gasteiger partial charge in [0.05, 0.1) is 6.61 Å². The van der Waals surface area contributed by atoms with E-state index in [0.29, 0.717) is 6.54 Å². The van der Waals surface area contributed by atoms with Gasteiger partial charge < -0.3 is 15.9 Å². The van der Waals surface area contributed by atoms with Crippen LogP contribution in [0.2, 0.25) is 0 Å². The Hall–Kier alpha value is -0.380. The maximum Gasteiger partial charge on any atom is 0.0609 e. The van der Waals surface area contributed by atoms with Crippen LogP contribution in [0, 0.1) is 0 Å². The predicted octanol–water partition coefficient (Wildman–Crippen LogP) is -0.508. The van der Waals surface area contributed by atoms with Crippen molar-refractivity contribution in [2.24, 2.45) is 5.73 Å². The van der Waals surface area contributed by atoms with E-state index >= 15 is 0 Å². The van der Waals surface area contributed by atoms with Gasteiger partial charge in [0.1, 0.15) is 0 Å². The maximum absolute atomic E-state index is 7.99. The Labute approximate surface area is 55.8 Å². The number of hydrogen-bond acceptors (Lipinski definition) is 3. The van der Waals surface area contributed by atoms with Crippen LogP contribution in [0.4, 0.5) is 0 Å². The van der Waals surface area contributed by atoms with E-state index in [1.165, 1.54) is 6.08 Å². The molecule has 3 nitrogen and oxygen atoms in total. The number of aliphatic hydroxyl groups is 2. The minimum atomic E-state index is 0.0833. The van der Waals surface area contributed by atoms with Crippen molar-refractivity contribution in [3.63, 3.8) is 0 Å². The van der Waals surface area contributed by atoms with E-state index in [-0.39, 0.29) is 13.2 Å². The molecule has 0 aliphatic carbocycles. The number of nitrogens with two attached hydrogens (primary N) is 1. The second-order valence-corrected chi connectivity index (χ2v) is 1.34.